The molecule has 8 nitrogen and oxygen atoms in total. The number of hydrogen-bond acceptors (Lipinski definition) is 5. The number of ketones is 1. The normalized spacial score (nSPS) is 37.2. The van der Waals surface area contributed by atoms with E-state index >= 15 is 0 Å². The summed E-state index contributed by atoms with van der Waals surface area (Å²) in [6.45, 7) is 5.45. The van der Waals surface area contributed by atoms with Gasteiger partial charge < -0.3 is 14.9 Å². The highest BCUT2D eigenvalue weighted by Gasteiger charge is 2.58. The number of fused-ring (bicyclic) bond motifs is 5. The van der Waals surface area contributed by atoms with Crippen LogP contribution in [0.4, 0.5) is 4.79 Å². The lowest BCUT2D eigenvalue weighted by atomic mass is 9.48. The number of amides is 1. The molecule has 0 aromatic rings. The Labute approximate surface area is 215 Å². The average molecular weight is 525 g/mol. The fraction of sp³-hybridized carbons (Fsp3) is 0.852. The van der Waals surface area contributed by atoms with Crippen molar-refractivity contribution in [2.45, 2.75) is 97.0 Å². The molecule has 0 aliphatic heterocycles. The lowest BCUT2D eigenvalue weighted by Crippen LogP contribution is -2.50. The molecule has 36 heavy (non-hydrogen) atoms. The zero-order valence-corrected chi connectivity index (χ0v) is 23.1. The van der Waals surface area contributed by atoms with Gasteiger partial charge in [0.25, 0.3) is 0 Å². The molecule has 4 rings (SSSR count). The van der Waals surface area contributed by atoms with Crippen molar-refractivity contribution in [3.05, 3.63) is 11.6 Å². The number of nitrogens with one attached hydrogen (secondary N) is 2. The molecule has 0 saturated heterocycles. The van der Waals surface area contributed by atoms with E-state index in [2.05, 4.69) is 30.3 Å². The van der Waals surface area contributed by atoms with Gasteiger partial charge in [-0.2, -0.15) is 0 Å². The maximum absolute atomic E-state index is 12.6. The Morgan fingerprint density at radius 2 is 1.83 bits per heavy atom. The van der Waals surface area contributed by atoms with Crippen LogP contribution in [0.1, 0.15) is 90.9 Å². The molecule has 3 fully saturated rings. The SMILES string of the molecule is CNP(=O)(O)OCCCCCCNC(=O)OC1CCC2(C)C(=CCC3C4CCC(=O)C4(C)CCC32)C1. The minimum atomic E-state index is -3.64. The van der Waals surface area contributed by atoms with Crippen molar-refractivity contribution in [2.24, 2.45) is 28.6 Å². The minimum absolute atomic E-state index is 0.0683. The van der Waals surface area contributed by atoms with E-state index in [1.807, 2.05) is 0 Å². The number of carbonyl (C=O) groups is 2. The number of allylic oxidation sites excluding steroid dienone is 1. The smallest absolute Gasteiger partial charge is 0.407 e. The summed E-state index contributed by atoms with van der Waals surface area (Å²) in [6.07, 6.45) is 13.2. The van der Waals surface area contributed by atoms with Crippen LogP contribution in [0.2, 0.25) is 0 Å². The van der Waals surface area contributed by atoms with Crippen LogP contribution in [0.25, 0.3) is 0 Å². The highest BCUT2D eigenvalue weighted by Crippen LogP contribution is 2.64. The molecule has 3 saturated carbocycles. The number of carbonyl (C=O) groups excluding carboxylic acids is 2. The Hall–Kier alpha value is -1.21. The summed E-state index contributed by atoms with van der Waals surface area (Å²) in [7, 11) is -2.24. The molecule has 0 spiro atoms. The molecule has 9 heteroatoms. The van der Waals surface area contributed by atoms with Crippen molar-refractivity contribution in [1.82, 2.24) is 10.4 Å². The van der Waals surface area contributed by atoms with Crippen LogP contribution in [0, 0.1) is 28.6 Å². The Kier molecular flexibility index (Phi) is 8.70. The number of ether oxygens (including phenoxy) is 1. The zero-order chi connectivity index (χ0) is 26.0. The highest BCUT2D eigenvalue weighted by molar-refractivity contribution is 7.50. The van der Waals surface area contributed by atoms with Gasteiger partial charge in [-0.25, -0.2) is 14.4 Å². The highest BCUT2D eigenvalue weighted by atomic mass is 31.2. The number of Topliss-reactive ketones (excluding diaryl/α,β-unsaturated/α-hetero) is 1. The van der Waals surface area contributed by atoms with Gasteiger partial charge in [0.1, 0.15) is 11.9 Å². The Morgan fingerprint density at radius 3 is 2.61 bits per heavy atom. The molecular formula is C27H45N2O6P. The zero-order valence-electron chi connectivity index (χ0n) is 22.2. The second kappa shape index (κ2) is 11.3. The second-order valence-electron chi connectivity index (χ2n) is 11.9. The molecule has 4 aliphatic carbocycles. The molecule has 0 aromatic heterocycles. The molecule has 4 aliphatic rings. The third-order valence-electron chi connectivity index (χ3n) is 9.93. The first-order valence-electron chi connectivity index (χ1n) is 13.9. The topological polar surface area (TPSA) is 114 Å². The van der Waals surface area contributed by atoms with E-state index in [1.54, 1.807) is 0 Å². The van der Waals surface area contributed by atoms with Crippen LogP contribution in [-0.4, -0.2) is 43.1 Å². The third-order valence-corrected chi connectivity index (χ3v) is 11.0. The molecule has 0 bridgehead atoms. The number of alkyl carbamates (subject to hydrolysis) is 1. The van der Waals surface area contributed by atoms with Gasteiger partial charge in [-0.1, -0.05) is 38.3 Å². The standard InChI is InChI=1S/C27H45N2O6P/c1-26-14-12-20(35-25(31)29-16-6-4-5-7-17-34-36(32,33)28-3)18-19(26)8-9-21-22-10-11-24(30)27(22,2)15-13-23(21)26/h8,20-23H,4-7,9-18H2,1-3H3,(H,29,31)(H2,28,32,33). The van der Waals surface area contributed by atoms with Crippen molar-refractivity contribution < 1.29 is 28.3 Å². The molecule has 0 heterocycles. The maximum atomic E-state index is 12.6. The van der Waals surface area contributed by atoms with Crippen molar-refractivity contribution in [3.8, 4) is 0 Å². The van der Waals surface area contributed by atoms with E-state index in [9.17, 15) is 19.0 Å². The largest absolute Gasteiger partial charge is 0.446 e. The van der Waals surface area contributed by atoms with Crippen LogP contribution >= 0.6 is 7.75 Å². The van der Waals surface area contributed by atoms with E-state index in [-0.39, 0.29) is 29.6 Å². The van der Waals surface area contributed by atoms with Crippen LogP contribution < -0.4 is 10.4 Å². The van der Waals surface area contributed by atoms with E-state index in [0.29, 0.717) is 36.5 Å². The van der Waals surface area contributed by atoms with E-state index in [1.165, 1.54) is 12.6 Å². The van der Waals surface area contributed by atoms with Crippen molar-refractivity contribution in [3.63, 3.8) is 0 Å². The second-order valence-corrected chi connectivity index (χ2v) is 13.6. The molecule has 7 atom stereocenters. The number of rotatable bonds is 10. The summed E-state index contributed by atoms with van der Waals surface area (Å²) in [5.41, 5.74) is 1.55. The third kappa shape index (κ3) is 5.77. The van der Waals surface area contributed by atoms with Crippen LogP contribution in [0.3, 0.4) is 0 Å². The quantitative estimate of drug-likeness (QED) is 0.196. The van der Waals surface area contributed by atoms with E-state index < -0.39 is 7.75 Å². The van der Waals surface area contributed by atoms with Gasteiger partial charge in [-0.05, 0) is 81.6 Å². The molecule has 0 aromatic carbocycles. The molecular weight excluding hydrogens is 479 g/mol. The Morgan fingerprint density at radius 1 is 1.11 bits per heavy atom. The molecule has 3 N–H and O–H groups in total. The summed E-state index contributed by atoms with van der Waals surface area (Å²) < 4.78 is 22.0. The molecule has 7 unspecified atom stereocenters. The first kappa shape index (κ1) is 27.8. The van der Waals surface area contributed by atoms with Gasteiger partial charge in [0.15, 0.2) is 0 Å². The van der Waals surface area contributed by atoms with Crippen LogP contribution in [0.5, 0.6) is 0 Å². The summed E-state index contributed by atoms with van der Waals surface area (Å²) in [4.78, 5) is 34.3. The van der Waals surface area contributed by atoms with Crippen molar-refractivity contribution >= 4 is 19.6 Å². The van der Waals surface area contributed by atoms with Crippen molar-refractivity contribution in [2.75, 3.05) is 20.2 Å². The van der Waals surface area contributed by atoms with Crippen LogP contribution in [0.15, 0.2) is 11.6 Å². The van der Waals surface area contributed by atoms with E-state index in [4.69, 9.17) is 9.26 Å². The fourth-order valence-corrected chi connectivity index (χ4v) is 8.22. The predicted molar refractivity (Wildman–Crippen MR) is 138 cm³/mol. The van der Waals surface area contributed by atoms with Crippen molar-refractivity contribution in [1.29, 1.82) is 0 Å². The summed E-state index contributed by atoms with van der Waals surface area (Å²) in [6, 6.07) is 0. The summed E-state index contributed by atoms with van der Waals surface area (Å²) >= 11 is 0. The number of hydrogen-bond donors (Lipinski definition) is 3. The summed E-state index contributed by atoms with van der Waals surface area (Å²) in [5, 5.41) is 5.13. The first-order valence-corrected chi connectivity index (χ1v) is 15.5. The van der Waals surface area contributed by atoms with Gasteiger partial charge >= 0.3 is 13.8 Å². The van der Waals surface area contributed by atoms with Gasteiger partial charge in [-0.15, -0.1) is 0 Å². The first-order chi connectivity index (χ1) is 17.1. The van der Waals surface area contributed by atoms with Crippen LogP contribution in [-0.2, 0) is 18.6 Å². The lowest BCUT2D eigenvalue weighted by molar-refractivity contribution is -0.132. The Bertz CT molecular complexity index is 909. The van der Waals surface area contributed by atoms with Gasteiger partial charge in [0, 0.05) is 24.8 Å². The lowest BCUT2D eigenvalue weighted by Gasteiger charge is -2.56. The molecule has 204 valence electrons. The molecule has 1 amide bonds. The van der Waals surface area contributed by atoms with Gasteiger partial charge in [0.2, 0.25) is 0 Å². The minimum Gasteiger partial charge on any atom is -0.446 e. The average Bonchev–Trinajstić information content (AvgIpc) is 3.15. The summed E-state index contributed by atoms with van der Waals surface area (Å²) in [5.74, 6) is 2.29. The fourth-order valence-electron chi connectivity index (χ4n) is 7.72. The predicted octanol–water partition coefficient (Wildman–Crippen LogP) is 5.51. The Balaban J connectivity index is 1.18. The number of unbranched alkanes of at least 4 members (excludes halogenated alkanes) is 3. The van der Waals surface area contributed by atoms with Gasteiger partial charge in [0.05, 0.1) is 6.61 Å². The van der Waals surface area contributed by atoms with E-state index in [0.717, 1.165) is 70.6 Å². The van der Waals surface area contributed by atoms with Gasteiger partial charge in [-0.3, -0.25) is 9.32 Å². The monoisotopic (exact) mass is 524 g/mol. The maximum Gasteiger partial charge on any atom is 0.407 e. The molecule has 0 radical (unpaired) electrons.